The summed E-state index contributed by atoms with van der Waals surface area (Å²) >= 11 is 0. The summed E-state index contributed by atoms with van der Waals surface area (Å²) in [6.07, 6.45) is 3.44. The van der Waals surface area contributed by atoms with Crippen molar-refractivity contribution in [2.75, 3.05) is 0 Å². The highest BCUT2D eigenvalue weighted by Crippen LogP contribution is 2.41. The van der Waals surface area contributed by atoms with Crippen LogP contribution >= 0.6 is 0 Å². The Balaban J connectivity index is 2.17. The van der Waals surface area contributed by atoms with Crippen molar-refractivity contribution in [3.63, 3.8) is 0 Å². The summed E-state index contributed by atoms with van der Waals surface area (Å²) in [6.45, 7) is 0. The van der Waals surface area contributed by atoms with E-state index in [1.807, 2.05) is 12.1 Å². The van der Waals surface area contributed by atoms with Gasteiger partial charge in [0.05, 0.1) is 11.8 Å². The largest absolute Gasteiger partial charge is 0.481 e. The Labute approximate surface area is 139 Å². The standard InChI is InChI=1S/C20H16O4/c21-19(22)17-15(13-7-3-1-4-8-13)11-12-16(18(17)20(23)24)14-9-5-2-6-10-14/h1-12,17-18H,(H,21,22)(H,23,24)/t17-,18-/m1/s1. The van der Waals surface area contributed by atoms with Crippen LogP contribution in [-0.2, 0) is 9.59 Å². The number of benzene rings is 2. The average molecular weight is 320 g/mol. The van der Waals surface area contributed by atoms with Crippen LogP contribution in [0.3, 0.4) is 0 Å². The number of rotatable bonds is 4. The highest BCUT2D eigenvalue weighted by Gasteiger charge is 2.41. The molecule has 2 N–H and O–H groups in total. The number of aliphatic carboxylic acids is 2. The summed E-state index contributed by atoms with van der Waals surface area (Å²) in [5.74, 6) is -4.55. The van der Waals surface area contributed by atoms with Gasteiger partial charge in [0.25, 0.3) is 0 Å². The second-order valence-corrected chi connectivity index (χ2v) is 5.61. The average Bonchev–Trinajstić information content (AvgIpc) is 2.61. The van der Waals surface area contributed by atoms with Crippen molar-refractivity contribution in [1.29, 1.82) is 0 Å². The lowest BCUT2D eigenvalue weighted by Gasteiger charge is -2.29. The quantitative estimate of drug-likeness (QED) is 0.903. The van der Waals surface area contributed by atoms with Gasteiger partial charge in [-0.1, -0.05) is 72.8 Å². The summed E-state index contributed by atoms with van der Waals surface area (Å²) in [5, 5.41) is 19.4. The molecule has 4 heteroatoms. The molecular weight excluding hydrogens is 304 g/mol. The summed E-state index contributed by atoms with van der Waals surface area (Å²) in [7, 11) is 0. The van der Waals surface area contributed by atoms with Crippen LogP contribution in [0.4, 0.5) is 0 Å². The molecule has 0 saturated carbocycles. The minimum Gasteiger partial charge on any atom is -0.481 e. The molecule has 0 amide bonds. The first-order chi connectivity index (χ1) is 11.6. The smallest absolute Gasteiger partial charge is 0.312 e. The van der Waals surface area contributed by atoms with Crippen LogP contribution < -0.4 is 0 Å². The van der Waals surface area contributed by atoms with Gasteiger partial charge in [0, 0.05) is 0 Å². The van der Waals surface area contributed by atoms with Crippen molar-refractivity contribution in [1.82, 2.24) is 0 Å². The molecule has 0 saturated heterocycles. The second-order valence-electron chi connectivity index (χ2n) is 5.61. The maximum absolute atomic E-state index is 11.9. The Morgan fingerprint density at radius 3 is 1.25 bits per heavy atom. The lowest BCUT2D eigenvalue weighted by atomic mass is 9.73. The first-order valence-electron chi connectivity index (χ1n) is 7.58. The van der Waals surface area contributed by atoms with Crippen molar-refractivity contribution < 1.29 is 19.8 Å². The van der Waals surface area contributed by atoms with Crippen LogP contribution in [0, 0.1) is 11.8 Å². The van der Waals surface area contributed by atoms with Gasteiger partial charge in [-0.05, 0) is 22.3 Å². The van der Waals surface area contributed by atoms with E-state index in [1.165, 1.54) is 0 Å². The second kappa shape index (κ2) is 6.54. The zero-order valence-electron chi connectivity index (χ0n) is 12.8. The third-order valence-electron chi connectivity index (χ3n) is 4.19. The summed E-state index contributed by atoms with van der Waals surface area (Å²) < 4.78 is 0. The number of hydrogen-bond donors (Lipinski definition) is 2. The molecule has 2 atom stereocenters. The van der Waals surface area contributed by atoms with Gasteiger partial charge in [-0.2, -0.15) is 0 Å². The van der Waals surface area contributed by atoms with E-state index in [4.69, 9.17) is 0 Å². The molecule has 1 aliphatic rings. The Morgan fingerprint density at radius 2 is 0.958 bits per heavy atom. The number of carbonyl (C=O) groups is 2. The van der Waals surface area contributed by atoms with Crippen LogP contribution in [0.25, 0.3) is 11.1 Å². The molecule has 0 aliphatic heterocycles. The fourth-order valence-corrected chi connectivity index (χ4v) is 3.11. The van der Waals surface area contributed by atoms with E-state index >= 15 is 0 Å². The van der Waals surface area contributed by atoms with E-state index in [-0.39, 0.29) is 0 Å². The van der Waals surface area contributed by atoms with Crippen LogP contribution in [-0.4, -0.2) is 22.2 Å². The molecule has 0 heterocycles. The topological polar surface area (TPSA) is 74.6 Å². The number of allylic oxidation sites excluding steroid dienone is 2. The van der Waals surface area contributed by atoms with Crippen LogP contribution in [0.2, 0.25) is 0 Å². The summed E-state index contributed by atoms with van der Waals surface area (Å²) in [6, 6.07) is 18.1. The molecule has 2 aromatic rings. The van der Waals surface area contributed by atoms with Gasteiger partial charge in [-0.25, -0.2) is 0 Å². The molecule has 0 spiro atoms. The van der Waals surface area contributed by atoms with E-state index in [0.29, 0.717) is 11.1 Å². The van der Waals surface area contributed by atoms with E-state index in [9.17, 15) is 19.8 Å². The highest BCUT2D eigenvalue weighted by molar-refractivity contribution is 6.01. The number of hydrogen-bond acceptors (Lipinski definition) is 2. The minimum atomic E-state index is -1.14. The Kier molecular flexibility index (Phi) is 4.29. The third kappa shape index (κ3) is 2.86. The van der Waals surface area contributed by atoms with Gasteiger partial charge in [0.1, 0.15) is 0 Å². The Bertz CT molecular complexity index is 748. The predicted molar refractivity (Wildman–Crippen MR) is 91.1 cm³/mol. The number of carboxylic acid groups (broad SMARTS) is 2. The molecule has 120 valence electrons. The molecule has 3 rings (SSSR count). The lowest BCUT2D eigenvalue weighted by Crippen LogP contribution is -2.33. The number of carboxylic acids is 2. The van der Waals surface area contributed by atoms with Crippen molar-refractivity contribution in [3.05, 3.63) is 83.9 Å². The SMILES string of the molecule is O=C(O)[C@@H]1C(c2ccccc2)=CC=C(c2ccccc2)[C@H]1C(=O)O. The molecule has 2 aromatic carbocycles. The molecule has 0 bridgehead atoms. The summed E-state index contributed by atoms with van der Waals surface area (Å²) in [5.41, 5.74) is 2.46. The van der Waals surface area contributed by atoms with Crippen LogP contribution in [0.1, 0.15) is 11.1 Å². The van der Waals surface area contributed by atoms with Gasteiger partial charge in [-0.15, -0.1) is 0 Å². The maximum Gasteiger partial charge on any atom is 0.312 e. The lowest BCUT2D eigenvalue weighted by molar-refractivity contribution is -0.149. The zero-order valence-corrected chi connectivity index (χ0v) is 12.8. The highest BCUT2D eigenvalue weighted by atomic mass is 16.4. The van der Waals surface area contributed by atoms with Crippen LogP contribution in [0.5, 0.6) is 0 Å². The van der Waals surface area contributed by atoms with Crippen molar-refractivity contribution >= 4 is 23.1 Å². The van der Waals surface area contributed by atoms with Crippen molar-refractivity contribution in [2.45, 2.75) is 0 Å². The van der Waals surface area contributed by atoms with Gasteiger partial charge >= 0.3 is 11.9 Å². The molecule has 0 fully saturated rings. The van der Waals surface area contributed by atoms with Crippen LogP contribution in [0.15, 0.2) is 72.8 Å². The van der Waals surface area contributed by atoms with Gasteiger partial charge in [0.2, 0.25) is 0 Å². The van der Waals surface area contributed by atoms with Gasteiger partial charge in [-0.3, -0.25) is 9.59 Å². The molecule has 1 aliphatic carbocycles. The van der Waals surface area contributed by atoms with Gasteiger partial charge < -0.3 is 10.2 Å². The third-order valence-corrected chi connectivity index (χ3v) is 4.19. The molecular formula is C20H16O4. The fourth-order valence-electron chi connectivity index (χ4n) is 3.11. The molecule has 0 aromatic heterocycles. The monoisotopic (exact) mass is 320 g/mol. The van der Waals surface area contributed by atoms with E-state index < -0.39 is 23.8 Å². The van der Waals surface area contributed by atoms with E-state index in [2.05, 4.69) is 0 Å². The van der Waals surface area contributed by atoms with Gasteiger partial charge in [0.15, 0.2) is 0 Å². The maximum atomic E-state index is 11.9. The zero-order chi connectivity index (χ0) is 17.1. The molecule has 4 nitrogen and oxygen atoms in total. The first-order valence-corrected chi connectivity index (χ1v) is 7.58. The van der Waals surface area contributed by atoms with E-state index in [0.717, 1.165) is 11.1 Å². The molecule has 0 radical (unpaired) electrons. The fraction of sp³-hybridized carbons (Fsp3) is 0.100. The first kappa shape index (κ1) is 15.7. The Morgan fingerprint density at radius 1 is 0.625 bits per heavy atom. The molecule has 24 heavy (non-hydrogen) atoms. The summed E-state index contributed by atoms with van der Waals surface area (Å²) in [4.78, 5) is 23.8. The molecule has 0 unspecified atom stereocenters. The van der Waals surface area contributed by atoms with Crippen molar-refractivity contribution in [3.8, 4) is 0 Å². The minimum absolute atomic E-state index is 0.509. The van der Waals surface area contributed by atoms with Crippen molar-refractivity contribution in [2.24, 2.45) is 11.8 Å². The normalized spacial score (nSPS) is 20.0. The predicted octanol–water partition coefficient (Wildman–Crippen LogP) is 3.57. The van der Waals surface area contributed by atoms with E-state index in [1.54, 1.807) is 60.7 Å². The Hall–Kier alpha value is -3.14.